The van der Waals surface area contributed by atoms with E-state index in [9.17, 15) is 43.2 Å². The van der Waals surface area contributed by atoms with Crippen LogP contribution in [0.5, 0.6) is 0 Å². The molecule has 19 heteroatoms. The van der Waals surface area contributed by atoms with Crippen LogP contribution in [0.25, 0.3) is 0 Å². The molecule has 3 N–H and O–H groups in total. The number of carbonyl (C=O) groups is 4. The van der Waals surface area contributed by atoms with Crippen LogP contribution in [0.3, 0.4) is 0 Å². The minimum atomic E-state index is -4.95. The highest BCUT2D eigenvalue weighted by molar-refractivity contribution is 7.47. The number of phosphoric acid groups is 2. The summed E-state index contributed by atoms with van der Waals surface area (Å²) in [7, 11) is -9.91. The molecule has 0 spiro atoms. The lowest BCUT2D eigenvalue weighted by Crippen LogP contribution is -2.30. The van der Waals surface area contributed by atoms with Gasteiger partial charge in [-0.15, -0.1) is 0 Å². The zero-order chi connectivity index (χ0) is 68.9. The third-order valence-corrected chi connectivity index (χ3v) is 19.0. The van der Waals surface area contributed by atoms with Crippen LogP contribution in [-0.2, 0) is 65.4 Å². The molecule has 0 aliphatic carbocycles. The number of carbonyl (C=O) groups excluding carboxylic acids is 4. The van der Waals surface area contributed by atoms with Gasteiger partial charge in [0, 0.05) is 25.7 Å². The van der Waals surface area contributed by atoms with E-state index < -0.39 is 97.5 Å². The van der Waals surface area contributed by atoms with Gasteiger partial charge in [-0.25, -0.2) is 9.13 Å². The van der Waals surface area contributed by atoms with E-state index in [0.29, 0.717) is 37.5 Å². The SMILES string of the molecule is CC(C)CCCCCCCCCCCCCCCCCCC(=O)O[C@H](COC(=O)CCCCCCCCC(C)C)COP(=O)(O)OCC(O)COP(=O)(O)OC[C@@H](COC(=O)CCCCCCCCCC(C)C)OC(=O)CCCCCCCCCCCCCCC(C)C. The molecule has 0 heterocycles. The quantitative estimate of drug-likeness (QED) is 0.0222. The van der Waals surface area contributed by atoms with Crippen LogP contribution in [0.1, 0.15) is 370 Å². The summed E-state index contributed by atoms with van der Waals surface area (Å²) in [6.07, 6.45) is 47.5. The van der Waals surface area contributed by atoms with Crippen LogP contribution in [-0.4, -0.2) is 96.7 Å². The highest BCUT2D eigenvalue weighted by Gasteiger charge is 2.30. The van der Waals surface area contributed by atoms with E-state index in [1.54, 1.807) is 0 Å². The standard InChI is InChI=1S/C74H144O17P2/c1-64(2)50-42-34-26-21-17-13-11-9-10-12-14-19-23-29-40-48-56-74(79)91-70(61-85-72(77)55-47-39-33-32-37-45-53-67(7)8)63-89-93(82,83)87-59-68(75)58-86-92(80,81)88-62-69(60-84-71(76)54-46-38-31-25-28-36-44-52-66(5)6)90-73(78)57-49-41-30-24-20-16-15-18-22-27-35-43-51-65(3)4/h64-70,75H,9-63H2,1-8H3,(H,80,81)(H,82,83)/t68?,69-,70-/m1/s1. The molecule has 0 aromatic carbocycles. The fraction of sp³-hybridized carbons (Fsp3) is 0.946. The van der Waals surface area contributed by atoms with Crippen LogP contribution >= 0.6 is 15.6 Å². The highest BCUT2D eigenvalue weighted by Crippen LogP contribution is 2.45. The predicted molar refractivity (Wildman–Crippen MR) is 377 cm³/mol. The number of rotatable bonds is 71. The van der Waals surface area contributed by atoms with Gasteiger partial charge in [-0.3, -0.25) is 37.3 Å². The van der Waals surface area contributed by atoms with Crippen molar-refractivity contribution < 1.29 is 80.2 Å². The van der Waals surface area contributed by atoms with E-state index in [-0.39, 0.29) is 25.7 Å². The Hall–Kier alpha value is -1.94. The second-order valence-electron chi connectivity index (χ2n) is 28.6. The highest BCUT2D eigenvalue weighted by atomic mass is 31.2. The number of aliphatic hydroxyl groups excluding tert-OH is 1. The lowest BCUT2D eigenvalue weighted by atomic mass is 10.0. The monoisotopic (exact) mass is 1370 g/mol. The first-order valence-electron chi connectivity index (χ1n) is 38.2. The van der Waals surface area contributed by atoms with Gasteiger partial charge in [0.1, 0.15) is 19.3 Å². The molecule has 0 aromatic rings. The Labute approximate surface area is 568 Å². The molecule has 0 rings (SSSR count). The van der Waals surface area contributed by atoms with E-state index in [0.717, 1.165) is 115 Å². The number of phosphoric ester groups is 2. The third-order valence-electron chi connectivity index (χ3n) is 17.1. The van der Waals surface area contributed by atoms with Gasteiger partial charge in [-0.2, -0.15) is 0 Å². The van der Waals surface area contributed by atoms with E-state index in [4.69, 9.17) is 37.0 Å². The Bertz CT molecular complexity index is 1830. The number of hydrogen-bond acceptors (Lipinski definition) is 15. The van der Waals surface area contributed by atoms with E-state index in [1.807, 2.05) is 0 Å². The zero-order valence-electron chi connectivity index (χ0n) is 60.9. The first-order valence-corrected chi connectivity index (χ1v) is 41.2. The van der Waals surface area contributed by atoms with Crippen molar-refractivity contribution in [2.45, 2.75) is 388 Å². The molecule has 0 radical (unpaired) electrons. The number of hydrogen-bond donors (Lipinski definition) is 3. The molecule has 0 aromatic heterocycles. The van der Waals surface area contributed by atoms with Crippen LogP contribution in [0.15, 0.2) is 0 Å². The molecule has 0 bridgehead atoms. The van der Waals surface area contributed by atoms with Crippen molar-refractivity contribution in [2.75, 3.05) is 39.6 Å². The average molecular weight is 1370 g/mol. The third kappa shape index (κ3) is 68.4. The summed E-state index contributed by atoms with van der Waals surface area (Å²) < 4.78 is 68.4. The van der Waals surface area contributed by atoms with Crippen molar-refractivity contribution in [1.29, 1.82) is 0 Å². The van der Waals surface area contributed by atoms with Crippen LogP contribution < -0.4 is 0 Å². The summed E-state index contributed by atoms with van der Waals surface area (Å²) in [4.78, 5) is 72.6. The van der Waals surface area contributed by atoms with Crippen molar-refractivity contribution >= 4 is 39.5 Å². The second-order valence-corrected chi connectivity index (χ2v) is 31.5. The van der Waals surface area contributed by atoms with Gasteiger partial charge >= 0.3 is 39.5 Å². The predicted octanol–water partition coefficient (Wildman–Crippen LogP) is 21.3. The number of ether oxygens (including phenoxy) is 4. The Balaban J connectivity index is 5.19. The van der Waals surface area contributed by atoms with Gasteiger partial charge in [0.15, 0.2) is 12.2 Å². The lowest BCUT2D eigenvalue weighted by Gasteiger charge is -2.21. The smallest absolute Gasteiger partial charge is 0.462 e. The van der Waals surface area contributed by atoms with Gasteiger partial charge in [0.25, 0.3) is 0 Å². The maximum absolute atomic E-state index is 13.0. The van der Waals surface area contributed by atoms with Crippen molar-refractivity contribution in [3.05, 3.63) is 0 Å². The Morgan fingerprint density at radius 3 is 0.667 bits per heavy atom. The first kappa shape index (κ1) is 91.1. The van der Waals surface area contributed by atoms with Crippen molar-refractivity contribution in [3.63, 3.8) is 0 Å². The minimum absolute atomic E-state index is 0.105. The molecule has 0 aliphatic rings. The molecule has 0 fully saturated rings. The van der Waals surface area contributed by atoms with Gasteiger partial charge in [-0.1, -0.05) is 319 Å². The van der Waals surface area contributed by atoms with Gasteiger partial charge < -0.3 is 33.8 Å². The fourth-order valence-corrected chi connectivity index (χ4v) is 12.8. The summed E-state index contributed by atoms with van der Waals surface area (Å²) in [6, 6.07) is 0. The van der Waals surface area contributed by atoms with Crippen molar-refractivity contribution in [1.82, 2.24) is 0 Å². The zero-order valence-corrected chi connectivity index (χ0v) is 62.7. The molecule has 17 nitrogen and oxygen atoms in total. The lowest BCUT2D eigenvalue weighted by molar-refractivity contribution is -0.161. The minimum Gasteiger partial charge on any atom is -0.462 e. The molecule has 3 unspecified atom stereocenters. The number of aliphatic hydroxyl groups is 1. The molecular formula is C74H144O17P2. The fourth-order valence-electron chi connectivity index (χ4n) is 11.2. The van der Waals surface area contributed by atoms with Crippen LogP contribution in [0.2, 0.25) is 0 Å². The molecule has 93 heavy (non-hydrogen) atoms. The largest absolute Gasteiger partial charge is 0.472 e. The molecule has 0 saturated heterocycles. The van der Waals surface area contributed by atoms with Gasteiger partial charge in [-0.05, 0) is 49.4 Å². The molecule has 0 saturated carbocycles. The Morgan fingerprint density at radius 1 is 0.269 bits per heavy atom. The molecule has 0 aliphatic heterocycles. The Morgan fingerprint density at radius 2 is 0.452 bits per heavy atom. The molecule has 5 atom stereocenters. The van der Waals surface area contributed by atoms with E-state index in [1.165, 1.54) is 161 Å². The van der Waals surface area contributed by atoms with E-state index >= 15 is 0 Å². The van der Waals surface area contributed by atoms with Crippen LogP contribution in [0, 0.1) is 23.7 Å². The number of unbranched alkanes of at least 4 members (excludes halogenated alkanes) is 37. The van der Waals surface area contributed by atoms with Crippen molar-refractivity contribution in [3.8, 4) is 0 Å². The van der Waals surface area contributed by atoms with Crippen LogP contribution in [0.4, 0.5) is 0 Å². The summed E-state index contributed by atoms with van der Waals surface area (Å²) in [6.45, 7) is 14.1. The Kier molecular flexibility index (Phi) is 62.2. The molecule has 552 valence electrons. The summed E-state index contributed by atoms with van der Waals surface area (Å²) >= 11 is 0. The maximum Gasteiger partial charge on any atom is 0.472 e. The average Bonchev–Trinajstić information content (AvgIpc) is 1.75. The maximum atomic E-state index is 13.0. The van der Waals surface area contributed by atoms with Gasteiger partial charge in [0.2, 0.25) is 0 Å². The summed E-state index contributed by atoms with van der Waals surface area (Å²) in [5, 5.41) is 10.6. The normalized spacial score (nSPS) is 14.2. The topological polar surface area (TPSA) is 237 Å². The van der Waals surface area contributed by atoms with E-state index in [2.05, 4.69) is 55.4 Å². The van der Waals surface area contributed by atoms with Crippen molar-refractivity contribution in [2.24, 2.45) is 23.7 Å². The summed E-state index contributed by atoms with van der Waals surface area (Å²) in [5.41, 5.74) is 0. The van der Waals surface area contributed by atoms with Gasteiger partial charge in [0.05, 0.1) is 26.4 Å². The molecular weight excluding hydrogens is 1220 g/mol. The molecule has 0 amide bonds. The second kappa shape index (κ2) is 63.5. The first-order chi connectivity index (χ1) is 44.6. The summed E-state index contributed by atoms with van der Waals surface area (Å²) in [5.74, 6) is 0.844. The number of esters is 4.